The zero-order valence-electron chi connectivity index (χ0n) is 17.3. The van der Waals surface area contributed by atoms with Crippen LogP contribution in [-0.4, -0.2) is 31.4 Å². The number of hydrogen-bond donors (Lipinski definition) is 1. The van der Waals surface area contributed by atoms with E-state index in [1.807, 2.05) is 0 Å². The van der Waals surface area contributed by atoms with Crippen LogP contribution in [0.1, 0.15) is 47.7 Å². The first-order valence-electron chi connectivity index (χ1n) is 9.66. The molecule has 160 valence electrons. The van der Waals surface area contributed by atoms with Gasteiger partial charge in [0, 0.05) is 11.5 Å². The number of primary amides is 1. The molecule has 31 heavy (non-hydrogen) atoms. The molecule has 4 rings (SSSR count). The van der Waals surface area contributed by atoms with Gasteiger partial charge in [-0.15, -0.1) is 0 Å². The van der Waals surface area contributed by atoms with E-state index < -0.39 is 17.8 Å². The molecule has 1 amide bonds. The molecule has 1 atom stereocenters. The first kappa shape index (κ1) is 20.5. The summed E-state index contributed by atoms with van der Waals surface area (Å²) in [5.41, 5.74) is 7.70. The van der Waals surface area contributed by atoms with Crippen molar-refractivity contribution in [3.8, 4) is 23.0 Å². The molecule has 0 fully saturated rings. The third-order valence-corrected chi connectivity index (χ3v) is 5.17. The first-order valence-corrected chi connectivity index (χ1v) is 9.66. The van der Waals surface area contributed by atoms with Gasteiger partial charge in [-0.2, -0.15) is 0 Å². The molecule has 0 saturated heterocycles. The van der Waals surface area contributed by atoms with Gasteiger partial charge in [0.1, 0.15) is 11.5 Å². The predicted octanol–water partition coefficient (Wildman–Crippen LogP) is 2.87. The Kier molecular flexibility index (Phi) is 5.14. The van der Waals surface area contributed by atoms with Gasteiger partial charge in [-0.3, -0.25) is 14.4 Å². The van der Waals surface area contributed by atoms with Gasteiger partial charge >= 0.3 is 5.97 Å². The van der Waals surface area contributed by atoms with Crippen LogP contribution in [0.4, 0.5) is 0 Å². The standard InChI is InChI=1S/C23H21NO7/c1-11(2)22-21(27)13-5-7-16-20(23(13)31-22)14(9-19(26)30-16)12-4-6-15(28-3)17(8-12)29-10-18(24)25/h4-8,14H,9-10H2,1-3H3,(H2,24,25). The van der Waals surface area contributed by atoms with Crippen LogP contribution in [0.15, 0.2) is 41.7 Å². The Morgan fingerprint density at radius 1 is 1.13 bits per heavy atom. The number of hydrogen-bond acceptors (Lipinski definition) is 7. The van der Waals surface area contributed by atoms with Crippen LogP contribution in [0.3, 0.4) is 0 Å². The topological polar surface area (TPSA) is 114 Å². The molecule has 0 spiro atoms. The Bertz CT molecular complexity index is 1140. The van der Waals surface area contributed by atoms with Gasteiger partial charge in [0.25, 0.3) is 5.91 Å². The van der Waals surface area contributed by atoms with E-state index in [1.54, 1.807) is 44.2 Å². The number of carbonyl (C=O) groups excluding carboxylic acids is 3. The summed E-state index contributed by atoms with van der Waals surface area (Å²) in [5.74, 6) is 0.0711. The number of Topliss-reactive ketones (excluding diaryl/α,β-unsaturated/α-hetero) is 1. The van der Waals surface area contributed by atoms with Crippen molar-refractivity contribution in [3.05, 3.63) is 58.4 Å². The van der Waals surface area contributed by atoms with Crippen LogP contribution >= 0.6 is 0 Å². The molecule has 0 aromatic heterocycles. The summed E-state index contributed by atoms with van der Waals surface area (Å²) >= 11 is 0. The van der Waals surface area contributed by atoms with Crippen molar-refractivity contribution in [1.29, 1.82) is 0 Å². The number of amides is 1. The van der Waals surface area contributed by atoms with Gasteiger partial charge in [-0.25, -0.2) is 0 Å². The zero-order valence-corrected chi connectivity index (χ0v) is 17.3. The number of allylic oxidation sites excluding steroid dienone is 2. The second-order valence-corrected chi connectivity index (χ2v) is 7.51. The number of ether oxygens (including phenoxy) is 4. The van der Waals surface area contributed by atoms with E-state index >= 15 is 0 Å². The molecule has 2 aliphatic rings. The molecule has 0 saturated carbocycles. The second-order valence-electron chi connectivity index (χ2n) is 7.51. The van der Waals surface area contributed by atoms with E-state index in [0.29, 0.717) is 39.7 Å². The normalized spacial score (nSPS) is 16.7. The number of ketones is 1. The zero-order chi connectivity index (χ0) is 22.3. The van der Waals surface area contributed by atoms with Crippen molar-refractivity contribution in [2.45, 2.75) is 26.2 Å². The van der Waals surface area contributed by atoms with Crippen molar-refractivity contribution in [3.63, 3.8) is 0 Å². The lowest BCUT2D eigenvalue weighted by molar-refractivity contribution is -0.135. The molecule has 2 heterocycles. The van der Waals surface area contributed by atoms with E-state index in [-0.39, 0.29) is 24.6 Å². The lowest BCUT2D eigenvalue weighted by atomic mass is 9.84. The SMILES string of the molecule is COc1ccc(C2CC(=O)Oc3ccc4c(c32)OC(=C(C)C)C4=O)cc1OCC(N)=O. The van der Waals surface area contributed by atoms with Crippen LogP contribution in [0.2, 0.25) is 0 Å². The van der Waals surface area contributed by atoms with Gasteiger partial charge in [0.15, 0.2) is 23.9 Å². The largest absolute Gasteiger partial charge is 0.493 e. The number of methoxy groups -OCH3 is 1. The fraction of sp³-hybridized carbons (Fsp3) is 0.261. The Balaban J connectivity index is 1.83. The van der Waals surface area contributed by atoms with Gasteiger partial charge in [-0.1, -0.05) is 6.07 Å². The average molecular weight is 423 g/mol. The molecule has 2 N–H and O–H groups in total. The average Bonchev–Trinajstić information content (AvgIpc) is 3.08. The van der Waals surface area contributed by atoms with Gasteiger partial charge in [0.05, 0.1) is 19.1 Å². The highest BCUT2D eigenvalue weighted by Gasteiger charge is 2.39. The quantitative estimate of drug-likeness (QED) is 0.447. The third kappa shape index (κ3) is 3.61. The molecule has 2 aliphatic heterocycles. The number of rotatable bonds is 5. The summed E-state index contributed by atoms with van der Waals surface area (Å²) in [5, 5.41) is 0. The van der Waals surface area contributed by atoms with Crippen LogP contribution in [0.5, 0.6) is 23.0 Å². The lowest BCUT2D eigenvalue weighted by Gasteiger charge is -2.27. The van der Waals surface area contributed by atoms with Crippen LogP contribution in [0, 0.1) is 0 Å². The molecule has 2 aromatic rings. The summed E-state index contributed by atoms with van der Waals surface area (Å²) < 4.78 is 22.2. The third-order valence-electron chi connectivity index (χ3n) is 5.17. The number of benzene rings is 2. The summed E-state index contributed by atoms with van der Waals surface area (Å²) in [7, 11) is 1.48. The van der Waals surface area contributed by atoms with Gasteiger partial charge < -0.3 is 24.7 Å². The minimum Gasteiger partial charge on any atom is -0.493 e. The number of carbonyl (C=O) groups is 3. The smallest absolute Gasteiger partial charge is 0.312 e. The molecule has 2 aromatic carbocycles. The highest BCUT2D eigenvalue weighted by Crippen LogP contribution is 2.49. The molecular weight excluding hydrogens is 402 g/mol. The summed E-state index contributed by atoms with van der Waals surface area (Å²) in [6.45, 7) is 3.28. The number of fused-ring (bicyclic) bond motifs is 3. The Hall–Kier alpha value is -3.81. The van der Waals surface area contributed by atoms with Crippen molar-refractivity contribution < 1.29 is 33.3 Å². The molecule has 0 aliphatic carbocycles. The van der Waals surface area contributed by atoms with Crippen LogP contribution in [-0.2, 0) is 9.59 Å². The Labute approximate surface area is 178 Å². The fourth-order valence-corrected chi connectivity index (χ4v) is 3.78. The van der Waals surface area contributed by atoms with E-state index in [9.17, 15) is 14.4 Å². The molecule has 8 heteroatoms. The van der Waals surface area contributed by atoms with Crippen LogP contribution < -0.4 is 24.7 Å². The molecular formula is C23H21NO7. The van der Waals surface area contributed by atoms with Crippen molar-refractivity contribution in [1.82, 2.24) is 0 Å². The fourth-order valence-electron chi connectivity index (χ4n) is 3.78. The number of esters is 1. The van der Waals surface area contributed by atoms with Crippen molar-refractivity contribution in [2.75, 3.05) is 13.7 Å². The molecule has 1 unspecified atom stereocenters. The maximum atomic E-state index is 12.7. The maximum Gasteiger partial charge on any atom is 0.312 e. The second kappa shape index (κ2) is 7.79. The van der Waals surface area contributed by atoms with Crippen molar-refractivity contribution in [2.24, 2.45) is 5.73 Å². The Morgan fingerprint density at radius 3 is 2.58 bits per heavy atom. The van der Waals surface area contributed by atoms with Crippen LogP contribution in [0.25, 0.3) is 0 Å². The van der Waals surface area contributed by atoms with E-state index in [1.165, 1.54) is 7.11 Å². The van der Waals surface area contributed by atoms with E-state index in [4.69, 9.17) is 24.7 Å². The summed E-state index contributed by atoms with van der Waals surface area (Å²) in [6, 6.07) is 8.38. The summed E-state index contributed by atoms with van der Waals surface area (Å²) in [6.07, 6.45) is 0.0484. The monoisotopic (exact) mass is 423 g/mol. The summed E-state index contributed by atoms with van der Waals surface area (Å²) in [4.78, 5) is 36.2. The molecule has 8 nitrogen and oxygen atoms in total. The van der Waals surface area contributed by atoms with E-state index in [2.05, 4.69) is 0 Å². The predicted molar refractivity (Wildman–Crippen MR) is 110 cm³/mol. The lowest BCUT2D eigenvalue weighted by Crippen LogP contribution is -2.22. The highest BCUT2D eigenvalue weighted by atomic mass is 16.5. The van der Waals surface area contributed by atoms with Gasteiger partial charge in [-0.05, 0) is 49.2 Å². The first-order chi connectivity index (χ1) is 14.8. The van der Waals surface area contributed by atoms with Gasteiger partial charge in [0.2, 0.25) is 5.78 Å². The molecule has 0 bridgehead atoms. The minimum absolute atomic E-state index is 0.0484. The molecule has 0 radical (unpaired) electrons. The maximum absolute atomic E-state index is 12.7. The minimum atomic E-state index is -0.627. The number of nitrogens with two attached hydrogens (primary N) is 1. The highest BCUT2D eigenvalue weighted by molar-refractivity contribution is 6.13. The van der Waals surface area contributed by atoms with E-state index in [0.717, 1.165) is 5.57 Å². The Morgan fingerprint density at radius 2 is 1.90 bits per heavy atom. The van der Waals surface area contributed by atoms with Crippen molar-refractivity contribution >= 4 is 17.7 Å².